The van der Waals surface area contributed by atoms with Crippen molar-refractivity contribution in [3.63, 3.8) is 0 Å². The van der Waals surface area contributed by atoms with Gasteiger partial charge >= 0.3 is 0 Å². The summed E-state index contributed by atoms with van der Waals surface area (Å²) >= 11 is 0. The van der Waals surface area contributed by atoms with E-state index in [2.05, 4.69) is 194 Å². The van der Waals surface area contributed by atoms with Crippen molar-refractivity contribution < 1.29 is 0 Å². The Kier molecular flexibility index (Phi) is 6.15. The van der Waals surface area contributed by atoms with E-state index in [1.807, 2.05) is 0 Å². The average Bonchev–Trinajstić information content (AvgIpc) is 3.76. The first-order chi connectivity index (χ1) is 26.8. The van der Waals surface area contributed by atoms with Gasteiger partial charge in [0.25, 0.3) is 0 Å². The van der Waals surface area contributed by atoms with Gasteiger partial charge in [0.1, 0.15) is 0 Å². The van der Waals surface area contributed by atoms with Crippen molar-refractivity contribution in [2.24, 2.45) is 0 Å². The molecule has 0 saturated carbocycles. The highest BCUT2D eigenvalue weighted by atomic mass is 14.3. The molecule has 0 nitrogen and oxygen atoms in total. The summed E-state index contributed by atoms with van der Waals surface area (Å²) in [6.07, 6.45) is 0. The van der Waals surface area contributed by atoms with Crippen molar-refractivity contribution in [3.05, 3.63) is 194 Å². The fourth-order valence-electron chi connectivity index (χ4n) is 9.84. The molecule has 0 aliphatic carbocycles. The molecular formula is C54H32. The minimum Gasteiger partial charge on any atom is -0.0622 e. The zero-order valence-electron chi connectivity index (χ0n) is 29.5. The van der Waals surface area contributed by atoms with Crippen LogP contribution in [0.15, 0.2) is 194 Å². The Hall–Kier alpha value is -7.02. The van der Waals surface area contributed by atoms with Gasteiger partial charge < -0.3 is 0 Å². The predicted molar refractivity (Wildman–Crippen MR) is 233 cm³/mol. The van der Waals surface area contributed by atoms with Gasteiger partial charge in [0.05, 0.1) is 0 Å². The molecule has 0 spiro atoms. The molecule has 0 aromatic heterocycles. The first kappa shape index (κ1) is 29.5. The van der Waals surface area contributed by atoms with E-state index in [4.69, 9.17) is 0 Å². The Bertz CT molecular complexity index is 3370. The first-order valence-electron chi connectivity index (χ1n) is 18.9. The molecule has 0 fully saturated rings. The summed E-state index contributed by atoms with van der Waals surface area (Å²) in [6.45, 7) is 0. The maximum Gasteiger partial charge on any atom is -0.000719 e. The van der Waals surface area contributed by atoms with Crippen molar-refractivity contribution in [1.29, 1.82) is 0 Å². The van der Waals surface area contributed by atoms with E-state index in [0.717, 1.165) is 0 Å². The molecule has 12 rings (SSSR count). The second-order valence-corrected chi connectivity index (χ2v) is 14.7. The lowest BCUT2D eigenvalue weighted by atomic mass is 9.83. The molecule has 0 amide bonds. The minimum absolute atomic E-state index is 1.23. The fraction of sp³-hybridized carbons (Fsp3) is 0. The van der Waals surface area contributed by atoms with Crippen molar-refractivity contribution >= 4 is 75.4 Å². The third kappa shape index (κ3) is 3.97. The van der Waals surface area contributed by atoms with Gasteiger partial charge in [-0.05, 0) is 126 Å². The summed E-state index contributed by atoms with van der Waals surface area (Å²) in [7, 11) is 0. The second-order valence-electron chi connectivity index (χ2n) is 14.7. The van der Waals surface area contributed by atoms with Crippen LogP contribution < -0.4 is 0 Å². The third-order valence-electron chi connectivity index (χ3n) is 11.9. The highest BCUT2D eigenvalue weighted by Gasteiger charge is 2.27. The predicted octanol–water partition coefficient (Wildman–Crippen LogP) is 15.3. The zero-order chi connectivity index (χ0) is 35.3. The van der Waals surface area contributed by atoms with Gasteiger partial charge in [-0.3, -0.25) is 0 Å². The summed E-state index contributed by atoms with van der Waals surface area (Å²) in [6, 6.07) is 72.1. The van der Waals surface area contributed by atoms with E-state index in [1.165, 1.54) is 120 Å². The number of fused-ring (bicyclic) bond motifs is 8. The third-order valence-corrected chi connectivity index (χ3v) is 11.9. The number of hydrogen-bond acceptors (Lipinski definition) is 0. The lowest BCUT2D eigenvalue weighted by Gasteiger charge is -2.19. The smallest absolute Gasteiger partial charge is 0.000719 e. The van der Waals surface area contributed by atoms with Crippen LogP contribution in [0.5, 0.6) is 0 Å². The number of hydrogen-bond donors (Lipinski definition) is 0. The van der Waals surface area contributed by atoms with Gasteiger partial charge in [0, 0.05) is 0 Å². The van der Waals surface area contributed by atoms with Crippen LogP contribution in [0.3, 0.4) is 0 Å². The van der Waals surface area contributed by atoms with Crippen molar-refractivity contribution in [2.75, 3.05) is 0 Å². The van der Waals surface area contributed by atoms with E-state index in [0.29, 0.717) is 0 Å². The quantitative estimate of drug-likeness (QED) is 0.162. The lowest BCUT2D eigenvalue weighted by Crippen LogP contribution is -1.91. The van der Waals surface area contributed by atoms with E-state index < -0.39 is 0 Å². The van der Waals surface area contributed by atoms with E-state index in [9.17, 15) is 0 Å². The normalized spacial score (nSPS) is 12.1. The van der Waals surface area contributed by atoms with Crippen LogP contribution in [0.25, 0.3) is 120 Å². The van der Waals surface area contributed by atoms with Gasteiger partial charge in [-0.15, -0.1) is 0 Å². The Balaban J connectivity index is 1.41. The standard InChI is InChI=1S/C54H32/c1-5-16-33(17-6-1)38-30-31-39(34-18-7-2-8-19-34)51-45-32-44-47(36-20-9-3-10-21-36)53-40-26-13-24-35-25-14-27-41(46(35)40)54(53)48(37-22-11-4-12-23-37)52(44)43-29-15-28-42(49(43)45)50(38)51/h1-32H. The summed E-state index contributed by atoms with van der Waals surface area (Å²) in [5, 5.41) is 18.5. The summed E-state index contributed by atoms with van der Waals surface area (Å²) in [4.78, 5) is 0. The summed E-state index contributed by atoms with van der Waals surface area (Å²) < 4.78 is 0. The van der Waals surface area contributed by atoms with Crippen LogP contribution in [0.2, 0.25) is 0 Å². The molecule has 248 valence electrons. The Labute approximate surface area is 312 Å². The Morgan fingerprint density at radius 1 is 0.204 bits per heavy atom. The molecule has 0 radical (unpaired) electrons. The SMILES string of the molecule is c1ccc(-c2c3cc4c5c(-c6ccccc6)ccc(-c6ccccc6)c5c5cccc(c3c(-c3ccccc3)c3c6cccc7cccc(c23)c76)c54)cc1. The molecule has 0 heterocycles. The largest absolute Gasteiger partial charge is 0.0622 e. The Morgan fingerprint density at radius 3 is 1.15 bits per heavy atom. The van der Waals surface area contributed by atoms with Crippen molar-refractivity contribution in [2.45, 2.75) is 0 Å². The zero-order valence-corrected chi connectivity index (χ0v) is 29.5. The maximum atomic E-state index is 2.56. The molecule has 0 bridgehead atoms. The molecule has 12 aromatic carbocycles. The molecule has 0 aliphatic heterocycles. The molecule has 0 heteroatoms. The van der Waals surface area contributed by atoms with Gasteiger partial charge in [-0.2, -0.15) is 0 Å². The minimum atomic E-state index is 1.23. The molecule has 54 heavy (non-hydrogen) atoms. The Morgan fingerprint density at radius 2 is 0.611 bits per heavy atom. The fourth-order valence-corrected chi connectivity index (χ4v) is 9.84. The average molecular weight is 681 g/mol. The van der Waals surface area contributed by atoms with Crippen LogP contribution in [0, 0.1) is 0 Å². The summed E-state index contributed by atoms with van der Waals surface area (Å²) in [5.74, 6) is 0. The highest BCUT2D eigenvalue weighted by molar-refractivity contribution is 6.46. The molecular weight excluding hydrogens is 649 g/mol. The molecule has 0 aliphatic rings. The summed E-state index contributed by atoms with van der Waals surface area (Å²) in [5.41, 5.74) is 10.1. The van der Waals surface area contributed by atoms with Crippen LogP contribution >= 0.6 is 0 Å². The monoisotopic (exact) mass is 680 g/mol. The number of rotatable bonds is 4. The van der Waals surface area contributed by atoms with Crippen LogP contribution in [0.1, 0.15) is 0 Å². The number of benzene rings is 10. The van der Waals surface area contributed by atoms with Gasteiger partial charge in [0.15, 0.2) is 0 Å². The van der Waals surface area contributed by atoms with Gasteiger partial charge in [-0.1, -0.05) is 188 Å². The topological polar surface area (TPSA) is 0 Å². The lowest BCUT2D eigenvalue weighted by molar-refractivity contribution is 1.64. The van der Waals surface area contributed by atoms with Gasteiger partial charge in [-0.25, -0.2) is 0 Å². The van der Waals surface area contributed by atoms with E-state index in [-0.39, 0.29) is 0 Å². The van der Waals surface area contributed by atoms with Gasteiger partial charge in [0.2, 0.25) is 0 Å². The van der Waals surface area contributed by atoms with E-state index >= 15 is 0 Å². The molecule has 0 saturated heterocycles. The molecule has 12 aromatic rings. The van der Waals surface area contributed by atoms with E-state index in [1.54, 1.807) is 0 Å². The molecule has 0 unspecified atom stereocenters. The van der Waals surface area contributed by atoms with Crippen LogP contribution in [0.4, 0.5) is 0 Å². The van der Waals surface area contributed by atoms with Crippen LogP contribution in [-0.4, -0.2) is 0 Å². The van der Waals surface area contributed by atoms with Crippen molar-refractivity contribution in [1.82, 2.24) is 0 Å². The highest BCUT2D eigenvalue weighted by Crippen LogP contribution is 2.55. The second kappa shape index (κ2) is 11.2. The van der Waals surface area contributed by atoms with Crippen LogP contribution in [-0.2, 0) is 0 Å². The molecule has 0 atom stereocenters. The first-order valence-corrected chi connectivity index (χ1v) is 18.9. The molecule has 0 N–H and O–H groups in total. The maximum absolute atomic E-state index is 2.56. The van der Waals surface area contributed by atoms with Crippen molar-refractivity contribution in [3.8, 4) is 44.5 Å².